The van der Waals surface area contributed by atoms with Crippen LogP contribution in [0.15, 0.2) is 54.6 Å². The van der Waals surface area contributed by atoms with Gasteiger partial charge in [-0.15, -0.1) is 0 Å². The fourth-order valence-corrected chi connectivity index (χ4v) is 5.02. The Bertz CT molecular complexity index is 1220. The van der Waals surface area contributed by atoms with Crippen molar-refractivity contribution in [3.63, 3.8) is 0 Å². The first kappa shape index (κ1) is 25.2. The fraction of sp³-hybridized carbons (Fsp3) is 0.323. The molecule has 0 spiro atoms. The van der Waals surface area contributed by atoms with Crippen LogP contribution in [0.2, 0.25) is 5.02 Å². The van der Waals surface area contributed by atoms with Gasteiger partial charge in [-0.2, -0.15) is 0 Å². The molecule has 0 aromatic heterocycles. The van der Waals surface area contributed by atoms with Crippen molar-refractivity contribution in [2.24, 2.45) is 0 Å². The van der Waals surface area contributed by atoms with E-state index < -0.39 is 0 Å². The number of ether oxygens (including phenoxy) is 1. The van der Waals surface area contributed by atoms with Crippen molar-refractivity contribution in [1.29, 1.82) is 0 Å². The lowest BCUT2D eigenvalue weighted by Gasteiger charge is -2.16. The molecule has 182 valence electrons. The number of carbonyl (C=O) groups is 1. The van der Waals surface area contributed by atoms with Crippen LogP contribution in [0.1, 0.15) is 57.4 Å². The zero-order chi connectivity index (χ0) is 24.8. The highest BCUT2D eigenvalue weighted by atomic mass is 35.5. The predicted octanol–water partition coefficient (Wildman–Crippen LogP) is 7.82. The van der Waals surface area contributed by atoms with E-state index in [1.165, 1.54) is 53.7 Å². The van der Waals surface area contributed by atoms with Crippen LogP contribution in [0.4, 0.5) is 0 Å². The Morgan fingerprint density at radius 2 is 1.66 bits per heavy atom. The molecule has 35 heavy (non-hydrogen) atoms. The third-order valence-electron chi connectivity index (χ3n) is 7.05. The first-order valence-electron chi connectivity index (χ1n) is 12.4. The van der Waals surface area contributed by atoms with Gasteiger partial charge in [-0.25, -0.2) is 0 Å². The number of carbonyl (C=O) groups excluding carboxylic acids is 1. The van der Waals surface area contributed by atoms with Crippen LogP contribution in [0.5, 0.6) is 5.75 Å². The first-order valence-corrected chi connectivity index (χ1v) is 12.8. The summed E-state index contributed by atoms with van der Waals surface area (Å²) in [7, 11) is 0. The molecule has 3 aromatic rings. The van der Waals surface area contributed by atoms with E-state index in [4.69, 9.17) is 16.3 Å². The third-order valence-corrected chi connectivity index (χ3v) is 7.35. The van der Waals surface area contributed by atoms with E-state index in [1.54, 1.807) is 6.07 Å². The first-order chi connectivity index (χ1) is 17.0. The average Bonchev–Trinajstić information content (AvgIpc) is 3.37. The van der Waals surface area contributed by atoms with Crippen LogP contribution >= 0.6 is 11.6 Å². The number of hydrogen-bond acceptors (Lipinski definition) is 3. The number of nitrogens with zero attached hydrogens (tertiary/aromatic N) is 1. The number of aldehydes is 1. The van der Waals surface area contributed by atoms with Crippen molar-refractivity contribution in [1.82, 2.24) is 4.90 Å². The Morgan fingerprint density at radius 3 is 2.40 bits per heavy atom. The standard InChI is InChI=1S/C31H34ClNO2/c1-22-18-31(30(32)19-27(22)20-34)35-21-26-12-9-14-29(24(26)3)28-13-8-11-25(23(28)2)10-4-5-15-33-16-6-7-17-33/h4,8-14,18-20H,5-7,15-17,21H2,1-3H3/b10-4+. The normalized spacial score (nSPS) is 14.1. The van der Waals surface area contributed by atoms with E-state index >= 15 is 0 Å². The van der Waals surface area contributed by atoms with E-state index in [0.717, 1.165) is 30.4 Å². The summed E-state index contributed by atoms with van der Waals surface area (Å²) >= 11 is 6.35. The van der Waals surface area contributed by atoms with Crippen LogP contribution in [0, 0.1) is 20.8 Å². The third kappa shape index (κ3) is 6.04. The molecule has 0 unspecified atom stereocenters. The van der Waals surface area contributed by atoms with Gasteiger partial charge >= 0.3 is 0 Å². The molecule has 4 heteroatoms. The van der Waals surface area contributed by atoms with Gasteiger partial charge in [0.05, 0.1) is 5.02 Å². The number of hydrogen-bond donors (Lipinski definition) is 0. The molecule has 0 amide bonds. The molecule has 1 heterocycles. The summed E-state index contributed by atoms with van der Waals surface area (Å²) in [6, 6.07) is 16.4. The summed E-state index contributed by atoms with van der Waals surface area (Å²) in [5.41, 5.74) is 8.76. The van der Waals surface area contributed by atoms with Crippen molar-refractivity contribution in [2.45, 2.75) is 46.6 Å². The van der Waals surface area contributed by atoms with Crippen molar-refractivity contribution in [2.75, 3.05) is 19.6 Å². The second-order valence-corrected chi connectivity index (χ2v) is 9.80. The monoisotopic (exact) mass is 487 g/mol. The summed E-state index contributed by atoms with van der Waals surface area (Å²) in [4.78, 5) is 13.7. The molecule has 1 fully saturated rings. The maximum Gasteiger partial charge on any atom is 0.150 e. The predicted molar refractivity (Wildman–Crippen MR) is 147 cm³/mol. The summed E-state index contributed by atoms with van der Waals surface area (Å²) in [6.45, 7) is 10.3. The summed E-state index contributed by atoms with van der Waals surface area (Å²) < 4.78 is 6.07. The van der Waals surface area contributed by atoms with Crippen molar-refractivity contribution in [3.05, 3.63) is 93.0 Å². The van der Waals surface area contributed by atoms with Crippen LogP contribution in [-0.4, -0.2) is 30.8 Å². The van der Waals surface area contributed by atoms with Gasteiger partial charge in [0.1, 0.15) is 18.6 Å². The van der Waals surface area contributed by atoms with E-state index in [0.29, 0.717) is 22.9 Å². The Labute approximate surface area is 214 Å². The molecule has 1 aliphatic heterocycles. The Morgan fingerprint density at radius 1 is 0.943 bits per heavy atom. The molecule has 3 aromatic carbocycles. The van der Waals surface area contributed by atoms with Gasteiger partial charge < -0.3 is 9.64 Å². The number of likely N-dealkylation sites (tertiary alicyclic amines) is 1. The molecule has 0 radical (unpaired) electrons. The zero-order valence-electron chi connectivity index (χ0n) is 20.9. The number of aryl methyl sites for hydroxylation is 1. The van der Waals surface area contributed by atoms with Crippen molar-refractivity contribution in [3.8, 4) is 16.9 Å². The van der Waals surface area contributed by atoms with Gasteiger partial charge in [0.2, 0.25) is 0 Å². The lowest BCUT2D eigenvalue weighted by Crippen LogP contribution is -2.19. The van der Waals surface area contributed by atoms with Crippen LogP contribution in [0.3, 0.4) is 0 Å². The molecule has 0 saturated carbocycles. The smallest absolute Gasteiger partial charge is 0.150 e. The molecular formula is C31H34ClNO2. The van der Waals surface area contributed by atoms with Gasteiger partial charge in [0.25, 0.3) is 0 Å². The largest absolute Gasteiger partial charge is 0.487 e. The number of halogens is 1. The average molecular weight is 488 g/mol. The van der Waals surface area contributed by atoms with Gasteiger partial charge in [0.15, 0.2) is 0 Å². The molecule has 0 bridgehead atoms. The van der Waals surface area contributed by atoms with Gasteiger partial charge in [-0.3, -0.25) is 4.79 Å². The Balaban J connectivity index is 1.50. The molecule has 3 nitrogen and oxygen atoms in total. The summed E-state index contributed by atoms with van der Waals surface area (Å²) in [5.74, 6) is 0.594. The van der Waals surface area contributed by atoms with Gasteiger partial charge in [0, 0.05) is 12.1 Å². The maximum absolute atomic E-state index is 11.2. The van der Waals surface area contributed by atoms with E-state index in [9.17, 15) is 4.79 Å². The van der Waals surface area contributed by atoms with Crippen molar-refractivity contribution < 1.29 is 9.53 Å². The van der Waals surface area contributed by atoms with Crippen LogP contribution in [0.25, 0.3) is 17.2 Å². The number of benzene rings is 3. The topological polar surface area (TPSA) is 29.5 Å². The molecule has 0 atom stereocenters. The van der Waals surface area contributed by atoms with E-state index in [-0.39, 0.29) is 0 Å². The van der Waals surface area contributed by atoms with Gasteiger partial charge in [-0.05, 0) is 104 Å². The van der Waals surface area contributed by atoms with E-state index in [1.807, 2.05) is 13.0 Å². The van der Waals surface area contributed by atoms with Gasteiger partial charge in [-0.1, -0.05) is 60.2 Å². The molecule has 0 N–H and O–H groups in total. The highest BCUT2D eigenvalue weighted by Crippen LogP contribution is 2.32. The maximum atomic E-state index is 11.2. The van der Waals surface area contributed by atoms with Crippen LogP contribution in [-0.2, 0) is 6.61 Å². The van der Waals surface area contributed by atoms with Crippen LogP contribution < -0.4 is 4.74 Å². The molecule has 1 saturated heterocycles. The molecule has 4 rings (SSSR count). The Hall–Kier alpha value is -2.88. The zero-order valence-corrected chi connectivity index (χ0v) is 21.7. The fourth-order valence-electron chi connectivity index (χ4n) is 4.79. The molecular weight excluding hydrogens is 454 g/mol. The quantitative estimate of drug-likeness (QED) is 0.288. The molecule has 1 aliphatic rings. The highest BCUT2D eigenvalue weighted by Gasteiger charge is 2.13. The SMILES string of the molecule is Cc1cc(OCc2cccc(-c3cccc(/C=C/CCN4CCCC4)c3C)c2C)c(Cl)cc1C=O. The second kappa shape index (κ2) is 11.7. The lowest BCUT2D eigenvalue weighted by molar-refractivity contribution is 0.112. The van der Waals surface area contributed by atoms with E-state index in [2.05, 4.69) is 67.3 Å². The van der Waals surface area contributed by atoms with Crippen molar-refractivity contribution >= 4 is 24.0 Å². The molecule has 0 aliphatic carbocycles. The second-order valence-electron chi connectivity index (χ2n) is 9.40. The minimum Gasteiger partial charge on any atom is -0.487 e. The summed E-state index contributed by atoms with van der Waals surface area (Å²) in [5, 5.41) is 0.451. The highest BCUT2D eigenvalue weighted by molar-refractivity contribution is 6.32. The lowest BCUT2D eigenvalue weighted by atomic mass is 9.91. The Kier molecular flexibility index (Phi) is 8.43. The minimum absolute atomic E-state index is 0.411. The summed E-state index contributed by atoms with van der Waals surface area (Å²) in [6.07, 6.45) is 9.16. The number of rotatable bonds is 9. The minimum atomic E-state index is 0.411.